The monoisotopic (exact) mass is 474 g/mol. The molecule has 2 aromatic heterocycles. The van der Waals surface area contributed by atoms with Crippen molar-refractivity contribution in [2.75, 3.05) is 7.05 Å². The van der Waals surface area contributed by atoms with E-state index in [0.29, 0.717) is 10.6 Å². The summed E-state index contributed by atoms with van der Waals surface area (Å²) in [6.45, 7) is 3.65. The summed E-state index contributed by atoms with van der Waals surface area (Å²) in [6, 6.07) is 9.38. The Balaban J connectivity index is 2.15. The number of aromatic amines is 1. The van der Waals surface area contributed by atoms with Crippen LogP contribution >= 0.6 is 11.6 Å². The first-order valence-electron chi connectivity index (χ1n) is 9.75. The first kappa shape index (κ1) is 23.5. The van der Waals surface area contributed by atoms with Crippen LogP contribution in [-0.4, -0.2) is 42.1 Å². The second-order valence-electron chi connectivity index (χ2n) is 7.58. The van der Waals surface area contributed by atoms with Crippen LogP contribution in [0.25, 0.3) is 0 Å². The molecule has 2 amide bonds. The van der Waals surface area contributed by atoms with Crippen LogP contribution in [0.5, 0.6) is 0 Å². The van der Waals surface area contributed by atoms with Crippen LogP contribution in [0.2, 0.25) is 5.02 Å². The standard InChI is InChI=1S/C22H23ClN4O4S/c1-13(2)17-18(22(29)27(3)12-14-9-10-25-11-16(14)23)26-19(21(24)28)20(17)32(30,31)15-7-5-4-6-8-15/h4-11,13,26H,12H2,1-3H3,(H2,24,28). The topological polar surface area (TPSA) is 126 Å². The average Bonchev–Trinajstić information content (AvgIpc) is 3.17. The molecule has 0 atom stereocenters. The second-order valence-corrected chi connectivity index (χ2v) is 9.88. The highest BCUT2D eigenvalue weighted by Crippen LogP contribution is 2.35. The molecule has 0 fully saturated rings. The molecule has 10 heteroatoms. The van der Waals surface area contributed by atoms with E-state index in [-0.39, 0.29) is 33.3 Å². The number of nitrogens with two attached hydrogens (primary N) is 1. The predicted molar refractivity (Wildman–Crippen MR) is 120 cm³/mol. The number of benzene rings is 1. The minimum Gasteiger partial charge on any atom is -0.364 e. The first-order chi connectivity index (χ1) is 15.1. The number of pyridine rings is 1. The fraction of sp³-hybridized carbons (Fsp3) is 0.227. The summed E-state index contributed by atoms with van der Waals surface area (Å²) in [5, 5.41) is 0.396. The highest BCUT2D eigenvalue weighted by atomic mass is 35.5. The highest BCUT2D eigenvalue weighted by molar-refractivity contribution is 7.91. The van der Waals surface area contributed by atoms with E-state index in [1.807, 2.05) is 0 Å². The molecular formula is C22H23ClN4O4S. The molecule has 0 aliphatic carbocycles. The molecule has 168 valence electrons. The van der Waals surface area contributed by atoms with Crippen molar-refractivity contribution in [2.45, 2.75) is 36.1 Å². The van der Waals surface area contributed by atoms with Gasteiger partial charge in [-0.2, -0.15) is 0 Å². The molecule has 0 aliphatic heterocycles. The zero-order valence-electron chi connectivity index (χ0n) is 17.8. The number of nitrogens with one attached hydrogen (secondary N) is 1. The lowest BCUT2D eigenvalue weighted by molar-refractivity contribution is 0.0778. The average molecular weight is 475 g/mol. The molecule has 0 bridgehead atoms. The number of H-pyrrole nitrogens is 1. The highest BCUT2D eigenvalue weighted by Gasteiger charge is 2.35. The van der Waals surface area contributed by atoms with Crippen LogP contribution < -0.4 is 5.73 Å². The Hall–Kier alpha value is -3.17. The van der Waals surface area contributed by atoms with Gasteiger partial charge in [-0.15, -0.1) is 0 Å². The first-order valence-corrected chi connectivity index (χ1v) is 11.6. The van der Waals surface area contributed by atoms with E-state index in [1.165, 1.54) is 23.2 Å². The summed E-state index contributed by atoms with van der Waals surface area (Å²) in [4.78, 5) is 33.2. The van der Waals surface area contributed by atoms with Gasteiger partial charge in [0.05, 0.1) is 9.92 Å². The van der Waals surface area contributed by atoms with Gasteiger partial charge in [-0.05, 0) is 29.7 Å². The molecule has 3 aromatic rings. The molecule has 0 aliphatic rings. The lowest BCUT2D eigenvalue weighted by Crippen LogP contribution is -2.28. The van der Waals surface area contributed by atoms with Crippen molar-refractivity contribution in [2.24, 2.45) is 5.73 Å². The Morgan fingerprint density at radius 2 is 1.81 bits per heavy atom. The Bertz CT molecular complexity index is 1270. The van der Waals surface area contributed by atoms with E-state index in [0.717, 1.165) is 0 Å². The third-order valence-corrected chi connectivity index (χ3v) is 7.16. The van der Waals surface area contributed by atoms with Gasteiger partial charge >= 0.3 is 0 Å². The fourth-order valence-electron chi connectivity index (χ4n) is 3.44. The predicted octanol–water partition coefficient (Wildman–Crippen LogP) is 3.39. The summed E-state index contributed by atoms with van der Waals surface area (Å²) in [5.74, 6) is -1.87. The number of sulfone groups is 1. The minimum absolute atomic E-state index is 0.000629. The summed E-state index contributed by atoms with van der Waals surface area (Å²) in [5.41, 5.74) is 6.06. The number of carbonyl (C=O) groups excluding carboxylic acids is 2. The van der Waals surface area contributed by atoms with Crippen molar-refractivity contribution in [3.8, 4) is 0 Å². The van der Waals surface area contributed by atoms with Gasteiger partial charge in [-0.3, -0.25) is 14.6 Å². The van der Waals surface area contributed by atoms with Gasteiger partial charge in [0.2, 0.25) is 9.84 Å². The van der Waals surface area contributed by atoms with Gasteiger partial charge in [-0.1, -0.05) is 43.6 Å². The zero-order chi connectivity index (χ0) is 23.6. The van der Waals surface area contributed by atoms with Crippen LogP contribution in [0.4, 0.5) is 0 Å². The smallest absolute Gasteiger partial charge is 0.270 e. The van der Waals surface area contributed by atoms with E-state index < -0.39 is 27.6 Å². The Kier molecular flexibility index (Phi) is 6.71. The molecule has 2 heterocycles. The maximum Gasteiger partial charge on any atom is 0.270 e. The Labute approximate surface area is 191 Å². The SMILES string of the molecule is CC(C)c1c(C(=O)N(C)Cc2ccncc2Cl)[nH]c(C(N)=O)c1S(=O)(=O)c1ccccc1. The summed E-state index contributed by atoms with van der Waals surface area (Å²) < 4.78 is 26.9. The summed E-state index contributed by atoms with van der Waals surface area (Å²) >= 11 is 6.15. The van der Waals surface area contributed by atoms with Gasteiger partial charge in [0.15, 0.2) is 0 Å². The number of primary amides is 1. The van der Waals surface area contributed by atoms with Gasteiger partial charge in [0.25, 0.3) is 11.8 Å². The maximum absolute atomic E-state index is 13.4. The van der Waals surface area contributed by atoms with Crippen LogP contribution in [-0.2, 0) is 16.4 Å². The van der Waals surface area contributed by atoms with E-state index in [2.05, 4.69) is 9.97 Å². The van der Waals surface area contributed by atoms with Crippen LogP contribution in [0.15, 0.2) is 58.6 Å². The van der Waals surface area contributed by atoms with Crippen molar-refractivity contribution in [1.29, 1.82) is 0 Å². The van der Waals surface area contributed by atoms with Gasteiger partial charge in [-0.25, -0.2) is 8.42 Å². The van der Waals surface area contributed by atoms with Gasteiger partial charge < -0.3 is 15.6 Å². The molecule has 0 saturated heterocycles. The lowest BCUT2D eigenvalue weighted by atomic mass is 10.0. The fourth-order valence-corrected chi connectivity index (χ4v) is 5.42. The zero-order valence-corrected chi connectivity index (χ0v) is 19.4. The van der Waals surface area contributed by atoms with E-state index in [9.17, 15) is 18.0 Å². The maximum atomic E-state index is 13.4. The van der Waals surface area contributed by atoms with E-state index in [4.69, 9.17) is 17.3 Å². The van der Waals surface area contributed by atoms with Crippen molar-refractivity contribution >= 4 is 33.3 Å². The third-order valence-electron chi connectivity index (χ3n) is 4.96. The van der Waals surface area contributed by atoms with E-state index >= 15 is 0 Å². The Morgan fingerprint density at radius 1 is 1.16 bits per heavy atom. The number of halogens is 1. The molecule has 3 N–H and O–H groups in total. The Morgan fingerprint density at radius 3 is 2.38 bits per heavy atom. The molecular weight excluding hydrogens is 452 g/mol. The number of nitrogens with zero attached hydrogens (tertiary/aromatic N) is 2. The molecule has 0 unspecified atom stereocenters. The number of hydrogen-bond donors (Lipinski definition) is 2. The van der Waals surface area contributed by atoms with Gasteiger partial charge in [0, 0.05) is 31.5 Å². The second kappa shape index (κ2) is 9.13. The lowest BCUT2D eigenvalue weighted by Gasteiger charge is -2.19. The van der Waals surface area contributed by atoms with Crippen molar-refractivity contribution < 1.29 is 18.0 Å². The van der Waals surface area contributed by atoms with Gasteiger partial charge in [0.1, 0.15) is 16.3 Å². The summed E-state index contributed by atoms with van der Waals surface area (Å²) in [6.07, 6.45) is 3.03. The number of amides is 2. The number of aromatic nitrogens is 2. The molecule has 8 nitrogen and oxygen atoms in total. The summed E-state index contributed by atoms with van der Waals surface area (Å²) in [7, 11) is -2.57. The number of carbonyl (C=O) groups is 2. The van der Waals surface area contributed by atoms with Crippen molar-refractivity contribution in [3.05, 3.63) is 76.3 Å². The molecule has 0 radical (unpaired) electrons. The van der Waals surface area contributed by atoms with Crippen molar-refractivity contribution in [1.82, 2.24) is 14.9 Å². The van der Waals surface area contributed by atoms with Crippen molar-refractivity contribution in [3.63, 3.8) is 0 Å². The largest absolute Gasteiger partial charge is 0.364 e. The van der Waals surface area contributed by atoms with Crippen LogP contribution in [0.1, 0.15) is 51.9 Å². The normalized spacial score (nSPS) is 11.5. The number of hydrogen-bond acceptors (Lipinski definition) is 5. The van der Waals surface area contributed by atoms with Crippen LogP contribution in [0, 0.1) is 0 Å². The quantitative estimate of drug-likeness (QED) is 0.542. The number of rotatable bonds is 7. The molecule has 32 heavy (non-hydrogen) atoms. The molecule has 0 spiro atoms. The molecule has 3 rings (SSSR count). The van der Waals surface area contributed by atoms with Crippen LogP contribution in [0.3, 0.4) is 0 Å². The minimum atomic E-state index is -4.13. The molecule has 0 saturated carbocycles. The molecule has 1 aromatic carbocycles. The third kappa shape index (κ3) is 4.39. The van der Waals surface area contributed by atoms with E-state index in [1.54, 1.807) is 51.4 Å².